The molecule has 2 aromatic carbocycles. The van der Waals surface area contributed by atoms with Crippen LogP contribution in [0.3, 0.4) is 0 Å². The molecule has 1 aliphatic heterocycles. The Morgan fingerprint density at radius 3 is 2.36 bits per heavy atom. The second-order valence-electron chi connectivity index (χ2n) is 6.33. The maximum atomic E-state index is 12.8. The lowest BCUT2D eigenvalue weighted by Crippen LogP contribution is -2.55. The molecule has 7 heteroatoms. The third-order valence-corrected chi connectivity index (χ3v) is 4.71. The third kappa shape index (κ3) is 3.32. The van der Waals surface area contributed by atoms with E-state index in [9.17, 15) is 14.7 Å². The van der Waals surface area contributed by atoms with Crippen molar-refractivity contribution < 1.29 is 29.9 Å². The Labute approximate surface area is 163 Å². The van der Waals surface area contributed by atoms with Crippen molar-refractivity contribution in [2.24, 2.45) is 0 Å². The SMILES string of the molecule is COc1ccc([C@@H]2C(=C(O)c3ccccc3)C(=O)C(=O)N2CC[NH3+])cc1OC. The molecule has 1 amide bonds. The Bertz CT molecular complexity index is 924. The van der Waals surface area contributed by atoms with Gasteiger partial charge in [-0.05, 0) is 17.7 Å². The van der Waals surface area contributed by atoms with E-state index in [1.54, 1.807) is 42.5 Å². The monoisotopic (exact) mass is 383 g/mol. The Morgan fingerprint density at radius 2 is 1.75 bits per heavy atom. The Kier molecular flexibility index (Phi) is 5.65. The zero-order valence-corrected chi connectivity index (χ0v) is 15.8. The Hall–Kier alpha value is -3.32. The highest BCUT2D eigenvalue weighted by atomic mass is 16.5. The molecule has 2 aromatic rings. The van der Waals surface area contributed by atoms with E-state index in [2.05, 4.69) is 5.73 Å². The van der Waals surface area contributed by atoms with Gasteiger partial charge in [0.05, 0.1) is 38.9 Å². The van der Waals surface area contributed by atoms with E-state index in [0.717, 1.165) is 0 Å². The van der Waals surface area contributed by atoms with Gasteiger partial charge in [0.2, 0.25) is 0 Å². The van der Waals surface area contributed by atoms with Crippen LogP contribution in [-0.2, 0) is 9.59 Å². The van der Waals surface area contributed by atoms with Gasteiger partial charge in [-0.2, -0.15) is 0 Å². The second kappa shape index (κ2) is 8.14. The van der Waals surface area contributed by atoms with Crippen LogP contribution in [-0.4, -0.2) is 49.0 Å². The number of aliphatic hydroxyl groups excluding tert-OH is 1. The summed E-state index contributed by atoms with van der Waals surface area (Å²) in [6.45, 7) is 0.720. The summed E-state index contributed by atoms with van der Waals surface area (Å²) in [5, 5.41) is 10.9. The molecule has 4 N–H and O–H groups in total. The van der Waals surface area contributed by atoms with E-state index < -0.39 is 17.7 Å². The van der Waals surface area contributed by atoms with E-state index in [4.69, 9.17) is 9.47 Å². The molecule has 1 aliphatic rings. The first-order valence-corrected chi connectivity index (χ1v) is 8.88. The summed E-state index contributed by atoms with van der Waals surface area (Å²) < 4.78 is 10.6. The normalized spacial score (nSPS) is 18.4. The number of hydrogen-bond acceptors (Lipinski definition) is 5. The molecule has 3 rings (SSSR count). The van der Waals surface area contributed by atoms with E-state index in [1.807, 2.05) is 6.07 Å². The van der Waals surface area contributed by atoms with Crippen LogP contribution in [0.1, 0.15) is 17.2 Å². The number of likely N-dealkylation sites (tertiary alicyclic amines) is 1. The van der Waals surface area contributed by atoms with Crippen LogP contribution in [0.15, 0.2) is 54.1 Å². The second-order valence-corrected chi connectivity index (χ2v) is 6.33. The standard InChI is InChI=1S/C21H22N2O5/c1-27-15-9-8-14(12-16(15)28-2)18-17(19(24)13-6-4-3-5-7-13)20(25)21(26)23(18)11-10-22/h3-9,12,18,24H,10-11,22H2,1-2H3/p+1/t18-/m1/s1. The van der Waals surface area contributed by atoms with Crippen LogP contribution in [0.4, 0.5) is 0 Å². The maximum absolute atomic E-state index is 12.8. The molecule has 1 heterocycles. The van der Waals surface area contributed by atoms with Crippen molar-refractivity contribution in [3.63, 3.8) is 0 Å². The highest BCUT2D eigenvalue weighted by Crippen LogP contribution is 2.41. The van der Waals surface area contributed by atoms with Gasteiger partial charge in [-0.15, -0.1) is 0 Å². The first kappa shape index (κ1) is 19.4. The molecule has 146 valence electrons. The molecule has 0 spiro atoms. The number of hydrogen-bond donors (Lipinski definition) is 2. The summed E-state index contributed by atoms with van der Waals surface area (Å²) in [5.74, 6) is -0.566. The Morgan fingerprint density at radius 1 is 1.07 bits per heavy atom. The first-order valence-electron chi connectivity index (χ1n) is 8.88. The molecule has 1 atom stereocenters. The van der Waals surface area contributed by atoms with E-state index >= 15 is 0 Å². The lowest BCUT2D eigenvalue weighted by molar-refractivity contribution is -0.368. The number of rotatable bonds is 6. The number of benzene rings is 2. The van der Waals surface area contributed by atoms with Crippen LogP contribution >= 0.6 is 0 Å². The van der Waals surface area contributed by atoms with Gasteiger partial charge in [0.25, 0.3) is 11.7 Å². The van der Waals surface area contributed by atoms with Gasteiger partial charge in [0.15, 0.2) is 11.5 Å². The Balaban J connectivity index is 2.20. The summed E-state index contributed by atoms with van der Waals surface area (Å²) in [6, 6.07) is 13.1. The van der Waals surface area contributed by atoms with Gasteiger partial charge in [0.1, 0.15) is 5.76 Å². The van der Waals surface area contributed by atoms with Crippen LogP contribution in [0.25, 0.3) is 5.76 Å². The predicted molar refractivity (Wildman–Crippen MR) is 103 cm³/mol. The van der Waals surface area contributed by atoms with Crippen molar-refractivity contribution in [1.29, 1.82) is 0 Å². The minimum atomic E-state index is -0.734. The summed E-state index contributed by atoms with van der Waals surface area (Å²) in [6.07, 6.45) is 0. The summed E-state index contributed by atoms with van der Waals surface area (Å²) in [7, 11) is 3.04. The number of aliphatic hydroxyl groups is 1. The largest absolute Gasteiger partial charge is 0.507 e. The van der Waals surface area contributed by atoms with E-state index in [-0.39, 0.29) is 17.9 Å². The van der Waals surface area contributed by atoms with Gasteiger partial charge >= 0.3 is 0 Å². The van der Waals surface area contributed by atoms with Crippen molar-refractivity contribution >= 4 is 17.4 Å². The quantitative estimate of drug-likeness (QED) is 0.445. The predicted octanol–water partition coefficient (Wildman–Crippen LogP) is 1.37. The van der Waals surface area contributed by atoms with Crippen molar-refractivity contribution in [3.05, 3.63) is 65.2 Å². The number of quaternary nitrogens is 1. The van der Waals surface area contributed by atoms with Gasteiger partial charge < -0.3 is 25.2 Å². The number of carbonyl (C=O) groups is 2. The number of ether oxygens (including phenoxy) is 2. The maximum Gasteiger partial charge on any atom is 0.295 e. The van der Waals surface area contributed by atoms with Gasteiger partial charge in [0, 0.05) is 5.56 Å². The molecule has 0 saturated carbocycles. The van der Waals surface area contributed by atoms with Crippen molar-refractivity contribution in [2.45, 2.75) is 6.04 Å². The molecule has 0 radical (unpaired) electrons. The highest BCUT2D eigenvalue weighted by Gasteiger charge is 2.46. The molecule has 0 aliphatic carbocycles. The van der Waals surface area contributed by atoms with E-state index in [1.165, 1.54) is 19.1 Å². The topological polar surface area (TPSA) is 104 Å². The summed E-state index contributed by atoms with van der Waals surface area (Å²) >= 11 is 0. The average Bonchev–Trinajstić information content (AvgIpc) is 2.98. The minimum absolute atomic E-state index is 0.0527. The number of carbonyl (C=O) groups excluding carboxylic acids is 2. The van der Waals surface area contributed by atoms with Gasteiger partial charge in [-0.25, -0.2) is 0 Å². The van der Waals surface area contributed by atoms with Crippen molar-refractivity contribution in [1.82, 2.24) is 4.90 Å². The van der Waals surface area contributed by atoms with Gasteiger partial charge in [-0.1, -0.05) is 36.4 Å². The van der Waals surface area contributed by atoms with E-state index in [0.29, 0.717) is 29.2 Å². The summed E-state index contributed by atoms with van der Waals surface area (Å²) in [4.78, 5) is 26.9. The molecule has 1 fully saturated rings. The molecule has 1 saturated heterocycles. The first-order chi connectivity index (χ1) is 13.5. The number of Topliss-reactive ketones (excluding diaryl/α,β-unsaturated/α-hetero) is 1. The smallest absolute Gasteiger partial charge is 0.295 e. The third-order valence-electron chi connectivity index (χ3n) is 4.71. The van der Waals surface area contributed by atoms with Crippen LogP contribution in [0.2, 0.25) is 0 Å². The molecular formula is C21H23N2O5+. The fourth-order valence-electron chi connectivity index (χ4n) is 3.40. The van der Waals surface area contributed by atoms with Crippen LogP contribution < -0.4 is 15.2 Å². The fraction of sp³-hybridized carbons (Fsp3) is 0.238. The highest BCUT2D eigenvalue weighted by molar-refractivity contribution is 6.46. The minimum Gasteiger partial charge on any atom is -0.507 e. The van der Waals surface area contributed by atoms with Crippen molar-refractivity contribution in [3.8, 4) is 11.5 Å². The van der Waals surface area contributed by atoms with Crippen LogP contribution in [0.5, 0.6) is 11.5 Å². The average molecular weight is 383 g/mol. The van der Waals surface area contributed by atoms with Crippen molar-refractivity contribution in [2.75, 3.05) is 27.3 Å². The molecule has 28 heavy (non-hydrogen) atoms. The number of methoxy groups -OCH3 is 2. The molecular weight excluding hydrogens is 360 g/mol. The number of ketones is 1. The van der Waals surface area contributed by atoms with Gasteiger partial charge in [-0.3, -0.25) is 9.59 Å². The molecule has 0 aromatic heterocycles. The summed E-state index contributed by atoms with van der Waals surface area (Å²) in [5.41, 5.74) is 4.96. The molecule has 7 nitrogen and oxygen atoms in total. The number of amides is 1. The zero-order chi connectivity index (χ0) is 20.3. The lowest BCUT2D eigenvalue weighted by Gasteiger charge is -2.24. The molecule has 0 bridgehead atoms. The molecule has 0 unspecified atom stereocenters. The van der Waals surface area contributed by atoms with Crippen LogP contribution in [0, 0.1) is 0 Å². The zero-order valence-electron chi connectivity index (χ0n) is 15.8. The number of nitrogens with zero attached hydrogens (tertiary/aromatic N) is 1. The lowest BCUT2D eigenvalue weighted by atomic mass is 9.95. The fourth-order valence-corrected chi connectivity index (χ4v) is 3.40.